The van der Waals surface area contributed by atoms with Crippen LogP contribution in [0.1, 0.15) is 12.8 Å². The van der Waals surface area contributed by atoms with Gasteiger partial charge >= 0.3 is 0 Å². The van der Waals surface area contributed by atoms with Gasteiger partial charge < -0.3 is 9.64 Å². The SMILES string of the molecule is C=CCn1c(SCC(=O)N(CCC#N)CCC#N)nnc1-c1ccccc1OC. The molecule has 8 nitrogen and oxygen atoms in total. The number of benzene rings is 1. The highest BCUT2D eigenvalue weighted by Gasteiger charge is 2.19. The quantitative estimate of drug-likeness (QED) is 0.414. The molecule has 1 heterocycles. The van der Waals surface area contributed by atoms with Crippen LogP contribution in [0.3, 0.4) is 0 Å². The minimum atomic E-state index is -0.146. The molecule has 0 bridgehead atoms. The molecule has 0 aliphatic heterocycles. The van der Waals surface area contributed by atoms with E-state index in [1.165, 1.54) is 16.7 Å². The number of ether oxygens (including phenoxy) is 1. The number of aromatic nitrogens is 3. The van der Waals surface area contributed by atoms with E-state index in [9.17, 15) is 4.79 Å². The van der Waals surface area contributed by atoms with Crippen molar-refractivity contribution < 1.29 is 9.53 Å². The van der Waals surface area contributed by atoms with Gasteiger partial charge in [-0.05, 0) is 12.1 Å². The number of carbonyl (C=O) groups excluding carboxylic acids is 1. The summed E-state index contributed by atoms with van der Waals surface area (Å²) < 4.78 is 7.29. The fraction of sp³-hybridized carbons (Fsp3) is 0.350. The van der Waals surface area contributed by atoms with E-state index >= 15 is 0 Å². The summed E-state index contributed by atoms with van der Waals surface area (Å²) >= 11 is 1.26. The zero-order valence-electron chi connectivity index (χ0n) is 16.2. The van der Waals surface area contributed by atoms with Crippen LogP contribution in [0.15, 0.2) is 42.1 Å². The van der Waals surface area contributed by atoms with Crippen LogP contribution in [0.25, 0.3) is 11.4 Å². The summed E-state index contributed by atoms with van der Waals surface area (Å²) in [4.78, 5) is 14.1. The Morgan fingerprint density at radius 3 is 2.59 bits per heavy atom. The first-order valence-electron chi connectivity index (χ1n) is 8.98. The Bertz CT molecular complexity index is 910. The lowest BCUT2D eigenvalue weighted by molar-refractivity contribution is -0.128. The molecule has 0 atom stereocenters. The van der Waals surface area contributed by atoms with E-state index in [2.05, 4.69) is 16.8 Å². The number of rotatable bonds is 11. The number of nitrogens with zero attached hydrogens (tertiary/aromatic N) is 6. The lowest BCUT2D eigenvalue weighted by atomic mass is 10.2. The van der Waals surface area contributed by atoms with Crippen LogP contribution < -0.4 is 4.74 Å². The Morgan fingerprint density at radius 2 is 1.97 bits per heavy atom. The maximum atomic E-state index is 12.6. The Labute approximate surface area is 174 Å². The second-order valence-corrected chi connectivity index (χ2v) is 6.83. The number of carbonyl (C=O) groups is 1. The highest BCUT2D eigenvalue weighted by Crippen LogP contribution is 2.31. The monoisotopic (exact) mass is 410 g/mol. The Balaban J connectivity index is 2.19. The number of thioether (sulfide) groups is 1. The van der Waals surface area contributed by atoms with Gasteiger partial charge in [-0.15, -0.1) is 16.8 Å². The summed E-state index contributed by atoms with van der Waals surface area (Å²) in [7, 11) is 1.60. The fourth-order valence-electron chi connectivity index (χ4n) is 2.67. The molecule has 0 radical (unpaired) electrons. The normalized spacial score (nSPS) is 10.0. The van der Waals surface area contributed by atoms with Gasteiger partial charge in [0.2, 0.25) is 5.91 Å². The molecule has 9 heteroatoms. The molecule has 0 aliphatic carbocycles. The van der Waals surface area contributed by atoms with E-state index in [0.29, 0.717) is 36.4 Å². The lowest BCUT2D eigenvalue weighted by Crippen LogP contribution is -2.34. The zero-order chi connectivity index (χ0) is 21.1. The number of hydrogen-bond acceptors (Lipinski definition) is 7. The average molecular weight is 411 g/mol. The van der Waals surface area contributed by atoms with Gasteiger partial charge in [0.15, 0.2) is 11.0 Å². The third-order valence-corrected chi connectivity index (χ3v) is 4.99. The van der Waals surface area contributed by atoms with Gasteiger partial charge in [0.05, 0.1) is 43.4 Å². The van der Waals surface area contributed by atoms with E-state index in [0.717, 1.165) is 5.56 Å². The predicted octanol–water partition coefficient (Wildman–Crippen LogP) is 2.89. The van der Waals surface area contributed by atoms with Gasteiger partial charge in [-0.2, -0.15) is 10.5 Å². The number of para-hydroxylation sites is 1. The summed E-state index contributed by atoms with van der Waals surface area (Å²) in [6.07, 6.45) is 2.19. The molecule has 2 aromatic rings. The van der Waals surface area contributed by atoms with Crippen molar-refractivity contribution in [3.63, 3.8) is 0 Å². The standard InChI is InChI=1S/C20H22N6O2S/c1-3-12-26-19(16-8-4-5-9-17(16)28-2)23-24-20(26)29-15-18(27)25(13-6-10-21)14-7-11-22/h3-5,8-9H,1,6-7,12-15H2,2H3. The van der Waals surface area contributed by atoms with Crippen molar-refractivity contribution in [2.24, 2.45) is 0 Å². The lowest BCUT2D eigenvalue weighted by Gasteiger charge is -2.20. The predicted molar refractivity (Wildman–Crippen MR) is 110 cm³/mol. The van der Waals surface area contributed by atoms with Crippen molar-refractivity contribution in [3.05, 3.63) is 36.9 Å². The summed E-state index contributed by atoms with van der Waals surface area (Å²) in [5.74, 6) is 1.30. The second kappa shape index (κ2) is 11.5. The third-order valence-electron chi connectivity index (χ3n) is 4.04. The van der Waals surface area contributed by atoms with E-state index < -0.39 is 0 Å². The minimum Gasteiger partial charge on any atom is -0.496 e. The average Bonchev–Trinajstić information content (AvgIpc) is 3.14. The van der Waals surface area contributed by atoms with Crippen LogP contribution in [0.4, 0.5) is 0 Å². The Kier molecular flexibility index (Phi) is 8.74. The maximum Gasteiger partial charge on any atom is 0.233 e. The number of nitriles is 2. The Hall–Kier alpha value is -3.30. The number of allylic oxidation sites excluding steroid dienone is 1. The molecule has 29 heavy (non-hydrogen) atoms. The summed E-state index contributed by atoms with van der Waals surface area (Å²) in [5, 5.41) is 26.7. The molecule has 0 unspecified atom stereocenters. The van der Waals surface area contributed by atoms with Crippen molar-refractivity contribution in [2.75, 3.05) is 26.0 Å². The maximum absolute atomic E-state index is 12.6. The van der Waals surface area contributed by atoms with E-state index in [1.54, 1.807) is 13.2 Å². The largest absolute Gasteiger partial charge is 0.496 e. The van der Waals surface area contributed by atoms with Crippen molar-refractivity contribution in [3.8, 4) is 29.3 Å². The van der Waals surface area contributed by atoms with Gasteiger partial charge in [-0.3, -0.25) is 9.36 Å². The molecule has 0 spiro atoms. The second-order valence-electron chi connectivity index (χ2n) is 5.89. The smallest absolute Gasteiger partial charge is 0.233 e. The first-order chi connectivity index (χ1) is 14.2. The van der Waals surface area contributed by atoms with Crippen molar-refractivity contribution >= 4 is 17.7 Å². The molecule has 0 saturated heterocycles. The molecule has 0 fully saturated rings. The molecule has 1 amide bonds. The summed E-state index contributed by atoms with van der Waals surface area (Å²) in [6.45, 7) is 4.89. The molecule has 2 rings (SSSR count). The van der Waals surface area contributed by atoms with E-state index in [4.69, 9.17) is 15.3 Å². The molecule has 0 aliphatic rings. The van der Waals surface area contributed by atoms with Crippen LogP contribution in [0.5, 0.6) is 5.75 Å². The molecule has 1 aromatic heterocycles. The van der Waals surface area contributed by atoms with Crippen LogP contribution in [-0.2, 0) is 11.3 Å². The van der Waals surface area contributed by atoms with Crippen LogP contribution in [-0.4, -0.2) is 51.5 Å². The Morgan fingerprint density at radius 1 is 1.28 bits per heavy atom. The highest BCUT2D eigenvalue weighted by atomic mass is 32.2. The van der Waals surface area contributed by atoms with Crippen LogP contribution in [0.2, 0.25) is 0 Å². The van der Waals surface area contributed by atoms with E-state index in [1.807, 2.05) is 41.0 Å². The van der Waals surface area contributed by atoms with Gasteiger partial charge in [0.25, 0.3) is 0 Å². The topological polar surface area (TPSA) is 108 Å². The molecule has 0 saturated carbocycles. The van der Waals surface area contributed by atoms with Gasteiger partial charge in [-0.1, -0.05) is 30.0 Å². The van der Waals surface area contributed by atoms with Crippen molar-refractivity contribution in [1.82, 2.24) is 19.7 Å². The molecular weight excluding hydrogens is 388 g/mol. The first-order valence-corrected chi connectivity index (χ1v) is 9.96. The number of methoxy groups -OCH3 is 1. The molecule has 150 valence electrons. The van der Waals surface area contributed by atoms with E-state index in [-0.39, 0.29) is 24.5 Å². The number of hydrogen-bond donors (Lipinski definition) is 0. The summed E-state index contributed by atoms with van der Waals surface area (Å²) in [5.41, 5.74) is 0.798. The van der Waals surface area contributed by atoms with Crippen LogP contribution >= 0.6 is 11.8 Å². The van der Waals surface area contributed by atoms with Gasteiger partial charge in [-0.25, -0.2) is 0 Å². The first kappa shape index (κ1) is 22.0. The summed E-state index contributed by atoms with van der Waals surface area (Å²) in [6, 6.07) is 11.6. The zero-order valence-corrected chi connectivity index (χ0v) is 17.1. The fourth-order valence-corrected chi connectivity index (χ4v) is 3.52. The number of amides is 1. The third kappa shape index (κ3) is 5.84. The van der Waals surface area contributed by atoms with Crippen molar-refractivity contribution in [1.29, 1.82) is 10.5 Å². The van der Waals surface area contributed by atoms with Gasteiger partial charge in [0, 0.05) is 19.6 Å². The molecule has 1 aromatic carbocycles. The van der Waals surface area contributed by atoms with Gasteiger partial charge in [0.1, 0.15) is 5.75 Å². The molecule has 0 N–H and O–H groups in total. The highest BCUT2D eigenvalue weighted by molar-refractivity contribution is 7.99. The van der Waals surface area contributed by atoms with Crippen LogP contribution in [0, 0.1) is 22.7 Å². The minimum absolute atomic E-state index is 0.137. The molecular formula is C20H22N6O2S. The van der Waals surface area contributed by atoms with Crippen molar-refractivity contribution in [2.45, 2.75) is 24.5 Å².